The summed E-state index contributed by atoms with van der Waals surface area (Å²) in [7, 11) is 0. The van der Waals surface area contributed by atoms with Crippen molar-refractivity contribution in [3.05, 3.63) is 59.3 Å². The van der Waals surface area contributed by atoms with Gasteiger partial charge in [0.15, 0.2) is 0 Å². The van der Waals surface area contributed by atoms with E-state index in [9.17, 15) is 9.59 Å². The molecule has 1 atom stereocenters. The second kappa shape index (κ2) is 8.49. The van der Waals surface area contributed by atoms with Crippen molar-refractivity contribution in [3.8, 4) is 6.07 Å². The number of rotatable bonds is 4. The number of anilines is 1. The van der Waals surface area contributed by atoms with Gasteiger partial charge in [0.1, 0.15) is 11.4 Å². The number of nitriles is 1. The van der Waals surface area contributed by atoms with Gasteiger partial charge in [-0.3, -0.25) is 9.69 Å². The van der Waals surface area contributed by atoms with Crippen molar-refractivity contribution >= 4 is 17.8 Å². The lowest BCUT2D eigenvalue weighted by Gasteiger charge is -2.36. The molecule has 2 saturated heterocycles. The van der Waals surface area contributed by atoms with Gasteiger partial charge in [-0.25, -0.2) is 14.7 Å². The highest BCUT2D eigenvalue weighted by Gasteiger charge is 2.49. The minimum atomic E-state index is -1.07. The summed E-state index contributed by atoms with van der Waals surface area (Å²) >= 11 is 0. The monoisotopic (exact) mass is 446 g/mol. The van der Waals surface area contributed by atoms with Crippen LogP contribution in [-0.2, 0) is 15.7 Å². The average molecular weight is 447 g/mol. The molecule has 8 heteroatoms. The van der Waals surface area contributed by atoms with E-state index in [1.165, 1.54) is 10.5 Å². The summed E-state index contributed by atoms with van der Waals surface area (Å²) in [6.07, 6.45) is 1.64. The smallest absolute Gasteiger partial charge is 0.326 e. The van der Waals surface area contributed by atoms with Gasteiger partial charge in [-0.1, -0.05) is 45.0 Å². The van der Waals surface area contributed by atoms with Gasteiger partial charge in [0.25, 0.3) is 5.91 Å². The molecule has 0 saturated carbocycles. The number of amides is 3. The molecule has 4 rings (SSSR count). The number of hydrogen-bond donors (Lipinski definition) is 1. The minimum Gasteiger partial charge on any atom is -0.354 e. The van der Waals surface area contributed by atoms with Crippen molar-refractivity contribution in [1.29, 1.82) is 5.26 Å². The highest BCUT2D eigenvalue weighted by Crippen LogP contribution is 2.31. The molecule has 172 valence electrons. The van der Waals surface area contributed by atoms with Crippen LogP contribution in [0.5, 0.6) is 0 Å². The Kier molecular flexibility index (Phi) is 5.85. The Labute approximate surface area is 194 Å². The van der Waals surface area contributed by atoms with Crippen molar-refractivity contribution in [3.63, 3.8) is 0 Å². The number of pyridine rings is 1. The summed E-state index contributed by atoms with van der Waals surface area (Å²) in [5.74, 6) is 0.539. The third-order valence-electron chi connectivity index (χ3n) is 6.52. The summed E-state index contributed by atoms with van der Waals surface area (Å²) in [6, 6.07) is 13.2. The topological polar surface area (TPSA) is 92.6 Å². The molecule has 33 heavy (non-hydrogen) atoms. The summed E-state index contributed by atoms with van der Waals surface area (Å²) in [5.41, 5.74) is 1.48. The number of carbonyl (C=O) groups excluding carboxylic acids is 2. The Morgan fingerprint density at radius 1 is 1.09 bits per heavy atom. The van der Waals surface area contributed by atoms with E-state index in [0.717, 1.165) is 11.4 Å². The van der Waals surface area contributed by atoms with Crippen LogP contribution in [0.15, 0.2) is 42.6 Å². The van der Waals surface area contributed by atoms with Crippen LogP contribution in [0, 0.1) is 11.3 Å². The number of carbonyl (C=O) groups is 2. The van der Waals surface area contributed by atoms with Crippen LogP contribution >= 0.6 is 0 Å². The SMILES string of the molecule is CC(C)(C)c1ccc(C2(C)NC(=O)N(CN3CCN(c4cc(C#N)ccn4)CC3)C2=O)cc1. The van der Waals surface area contributed by atoms with E-state index in [-0.39, 0.29) is 24.0 Å². The van der Waals surface area contributed by atoms with Crippen molar-refractivity contribution in [2.24, 2.45) is 0 Å². The van der Waals surface area contributed by atoms with E-state index in [1.54, 1.807) is 25.3 Å². The van der Waals surface area contributed by atoms with Crippen LogP contribution in [-0.4, -0.2) is 59.6 Å². The van der Waals surface area contributed by atoms with Crippen LogP contribution in [0.25, 0.3) is 0 Å². The van der Waals surface area contributed by atoms with E-state index in [4.69, 9.17) is 5.26 Å². The van der Waals surface area contributed by atoms with Crippen molar-refractivity contribution in [2.45, 2.75) is 38.6 Å². The molecule has 2 aromatic rings. The predicted octanol–water partition coefficient (Wildman–Crippen LogP) is 2.80. The van der Waals surface area contributed by atoms with E-state index < -0.39 is 5.54 Å². The fourth-order valence-electron chi connectivity index (χ4n) is 4.30. The van der Waals surface area contributed by atoms with Gasteiger partial charge in [0.2, 0.25) is 0 Å². The van der Waals surface area contributed by atoms with Gasteiger partial charge in [-0.15, -0.1) is 0 Å². The van der Waals surface area contributed by atoms with Crippen molar-refractivity contribution in [1.82, 2.24) is 20.1 Å². The first-order valence-electron chi connectivity index (χ1n) is 11.2. The zero-order valence-corrected chi connectivity index (χ0v) is 19.6. The fourth-order valence-corrected chi connectivity index (χ4v) is 4.30. The number of benzene rings is 1. The maximum absolute atomic E-state index is 13.3. The van der Waals surface area contributed by atoms with Gasteiger partial charge in [0, 0.05) is 32.4 Å². The van der Waals surface area contributed by atoms with Gasteiger partial charge in [-0.2, -0.15) is 5.26 Å². The third-order valence-corrected chi connectivity index (χ3v) is 6.52. The molecule has 3 amide bonds. The number of hydrogen-bond acceptors (Lipinski definition) is 6. The Morgan fingerprint density at radius 2 is 1.76 bits per heavy atom. The maximum Gasteiger partial charge on any atom is 0.326 e. The van der Waals surface area contributed by atoms with Crippen LogP contribution in [0.3, 0.4) is 0 Å². The number of nitrogens with zero attached hydrogens (tertiary/aromatic N) is 5. The number of urea groups is 1. The van der Waals surface area contributed by atoms with Gasteiger partial charge in [0.05, 0.1) is 18.3 Å². The number of imide groups is 1. The number of piperazine rings is 1. The predicted molar refractivity (Wildman–Crippen MR) is 125 cm³/mol. The first kappa shape index (κ1) is 22.7. The summed E-state index contributed by atoms with van der Waals surface area (Å²) in [4.78, 5) is 35.9. The Balaban J connectivity index is 1.41. The normalized spacial score (nSPS) is 21.8. The largest absolute Gasteiger partial charge is 0.354 e. The van der Waals surface area contributed by atoms with E-state index in [1.807, 2.05) is 24.3 Å². The Bertz CT molecular complexity index is 1090. The van der Waals surface area contributed by atoms with Crippen LogP contribution in [0.1, 0.15) is 44.4 Å². The van der Waals surface area contributed by atoms with Crippen molar-refractivity contribution in [2.75, 3.05) is 37.7 Å². The average Bonchev–Trinajstić information content (AvgIpc) is 3.03. The molecular weight excluding hydrogens is 416 g/mol. The molecule has 1 aromatic carbocycles. The lowest BCUT2D eigenvalue weighted by atomic mass is 9.84. The van der Waals surface area contributed by atoms with Gasteiger partial charge >= 0.3 is 6.03 Å². The Hall–Kier alpha value is -3.44. The fraction of sp³-hybridized carbons (Fsp3) is 0.440. The lowest BCUT2D eigenvalue weighted by Crippen LogP contribution is -2.51. The standard InChI is InChI=1S/C25H30N6O2/c1-24(2,3)19-5-7-20(8-6-19)25(4)22(32)31(23(33)28-25)17-29-11-13-30(14-12-29)21-15-18(16-26)9-10-27-21/h5-10,15H,11-14,17H2,1-4H3,(H,28,33). The van der Waals surface area contributed by atoms with E-state index >= 15 is 0 Å². The molecule has 2 aliphatic rings. The lowest BCUT2D eigenvalue weighted by molar-refractivity contribution is -0.132. The molecular formula is C25H30N6O2. The second-order valence-corrected chi connectivity index (χ2v) is 9.88. The third kappa shape index (κ3) is 4.41. The molecule has 0 aliphatic carbocycles. The first-order chi connectivity index (χ1) is 15.6. The first-order valence-corrected chi connectivity index (χ1v) is 11.2. The van der Waals surface area contributed by atoms with Crippen LogP contribution in [0.2, 0.25) is 0 Å². The molecule has 8 nitrogen and oxygen atoms in total. The highest BCUT2D eigenvalue weighted by atomic mass is 16.2. The van der Waals surface area contributed by atoms with Crippen molar-refractivity contribution < 1.29 is 9.59 Å². The Morgan fingerprint density at radius 3 is 2.36 bits per heavy atom. The van der Waals surface area contributed by atoms with Gasteiger partial charge in [-0.05, 0) is 35.6 Å². The summed E-state index contributed by atoms with van der Waals surface area (Å²) in [6.45, 7) is 11.2. The molecule has 0 bridgehead atoms. The zero-order valence-electron chi connectivity index (χ0n) is 19.6. The van der Waals surface area contributed by atoms with Crippen LogP contribution < -0.4 is 10.2 Å². The quantitative estimate of drug-likeness (QED) is 0.726. The molecule has 3 heterocycles. The number of aromatic nitrogens is 1. The molecule has 0 radical (unpaired) electrons. The van der Waals surface area contributed by atoms with E-state index in [0.29, 0.717) is 31.7 Å². The molecule has 2 fully saturated rings. The molecule has 0 spiro atoms. The summed E-state index contributed by atoms with van der Waals surface area (Å²) < 4.78 is 0. The van der Waals surface area contributed by atoms with Crippen LogP contribution in [0.4, 0.5) is 10.6 Å². The van der Waals surface area contributed by atoms with E-state index in [2.05, 4.69) is 46.9 Å². The minimum absolute atomic E-state index is 0.0159. The molecule has 2 aliphatic heterocycles. The molecule has 1 unspecified atom stereocenters. The molecule has 1 aromatic heterocycles. The molecule has 1 N–H and O–H groups in total. The highest BCUT2D eigenvalue weighted by molar-refractivity contribution is 6.07. The number of nitrogens with one attached hydrogen (secondary N) is 1. The van der Waals surface area contributed by atoms with Gasteiger partial charge < -0.3 is 10.2 Å². The second-order valence-electron chi connectivity index (χ2n) is 9.88. The summed E-state index contributed by atoms with van der Waals surface area (Å²) in [5, 5.41) is 12.0. The zero-order chi connectivity index (χ0) is 23.8. The maximum atomic E-state index is 13.3.